The molecule has 4 heteroatoms. The molecule has 0 amide bonds. The SMILES string of the molecule is Cc1cccc(C(NN)c2cnc3ccccc3c2)c1I. The quantitative estimate of drug-likeness (QED) is 0.408. The average molecular weight is 389 g/mol. The van der Waals surface area contributed by atoms with E-state index in [1.807, 2.05) is 24.4 Å². The van der Waals surface area contributed by atoms with E-state index in [4.69, 9.17) is 5.84 Å². The van der Waals surface area contributed by atoms with E-state index in [0.29, 0.717) is 0 Å². The van der Waals surface area contributed by atoms with Crippen molar-refractivity contribution in [2.75, 3.05) is 0 Å². The maximum Gasteiger partial charge on any atom is 0.0735 e. The van der Waals surface area contributed by atoms with Gasteiger partial charge < -0.3 is 0 Å². The van der Waals surface area contributed by atoms with Crippen molar-refractivity contribution in [3.05, 3.63) is 75.0 Å². The topological polar surface area (TPSA) is 50.9 Å². The van der Waals surface area contributed by atoms with E-state index in [-0.39, 0.29) is 6.04 Å². The van der Waals surface area contributed by atoms with E-state index in [2.05, 4.69) is 70.3 Å². The summed E-state index contributed by atoms with van der Waals surface area (Å²) >= 11 is 2.37. The number of pyridine rings is 1. The molecule has 0 aliphatic rings. The molecular weight excluding hydrogens is 373 g/mol. The molecule has 3 rings (SSSR count). The maximum atomic E-state index is 5.82. The highest BCUT2D eigenvalue weighted by Crippen LogP contribution is 2.28. The number of para-hydroxylation sites is 1. The molecule has 3 nitrogen and oxygen atoms in total. The van der Waals surface area contributed by atoms with Crippen molar-refractivity contribution in [3.63, 3.8) is 0 Å². The molecule has 1 aromatic heterocycles. The molecule has 106 valence electrons. The van der Waals surface area contributed by atoms with Gasteiger partial charge in [-0.3, -0.25) is 10.8 Å². The molecule has 0 fully saturated rings. The number of hydrazine groups is 1. The Labute approximate surface area is 137 Å². The van der Waals surface area contributed by atoms with E-state index < -0.39 is 0 Å². The predicted molar refractivity (Wildman–Crippen MR) is 94.8 cm³/mol. The number of nitrogens with one attached hydrogen (secondary N) is 1. The molecule has 1 unspecified atom stereocenters. The molecule has 0 bridgehead atoms. The van der Waals surface area contributed by atoms with E-state index in [0.717, 1.165) is 16.5 Å². The zero-order chi connectivity index (χ0) is 14.8. The first-order valence-corrected chi connectivity index (χ1v) is 7.84. The van der Waals surface area contributed by atoms with Crippen molar-refractivity contribution in [2.45, 2.75) is 13.0 Å². The maximum absolute atomic E-state index is 5.82. The molecule has 21 heavy (non-hydrogen) atoms. The highest BCUT2D eigenvalue weighted by molar-refractivity contribution is 14.1. The number of benzene rings is 2. The number of rotatable bonds is 3. The van der Waals surface area contributed by atoms with Crippen LogP contribution in [0, 0.1) is 10.5 Å². The molecule has 1 atom stereocenters. The van der Waals surface area contributed by atoms with Crippen LogP contribution in [0.5, 0.6) is 0 Å². The standard InChI is InChI=1S/C17H16IN3/c1-11-5-4-7-14(16(11)18)17(21-19)13-9-12-6-2-3-8-15(12)20-10-13/h2-10,17,21H,19H2,1H3. The Bertz CT molecular complexity index is 786. The van der Waals surface area contributed by atoms with Crippen LogP contribution in [0.2, 0.25) is 0 Å². The first-order chi connectivity index (χ1) is 10.2. The monoisotopic (exact) mass is 389 g/mol. The van der Waals surface area contributed by atoms with Gasteiger partial charge in [0, 0.05) is 15.2 Å². The van der Waals surface area contributed by atoms with Gasteiger partial charge in [-0.2, -0.15) is 0 Å². The lowest BCUT2D eigenvalue weighted by molar-refractivity contribution is 0.632. The van der Waals surface area contributed by atoms with Crippen molar-refractivity contribution < 1.29 is 0 Å². The second kappa shape index (κ2) is 6.09. The Morgan fingerprint density at radius 3 is 2.76 bits per heavy atom. The van der Waals surface area contributed by atoms with Gasteiger partial charge in [0.25, 0.3) is 0 Å². The van der Waals surface area contributed by atoms with E-state index in [9.17, 15) is 0 Å². The van der Waals surface area contributed by atoms with Gasteiger partial charge in [0.1, 0.15) is 0 Å². The number of fused-ring (bicyclic) bond motifs is 1. The Balaban J connectivity index is 2.11. The number of nitrogens with zero attached hydrogens (tertiary/aromatic N) is 1. The number of hydrogen-bond acceptors (Lipinski definition) is 3. The fourth-order valence-electron chi connectivity index (χ4n) is 2.50. The summed E-state index contributed by atoms with van der Waals surface area (Å²) in [4.78, 5) is 4.53. The summed E-state index contributed by atoms with van der Waals surface area (Å²) in [6, 6.07) is 16.5. The molecule has 3 aromatic rings. The van der Waals surface area contributed by atoms with E-state index in [1.54, 1.807) is 0 Å². The smallest absolute Gasteiger partial charge is 0.0735 e. The zero-order valence-electron chi connectivity index (χ0n) is 11.7. The fourth-order valence-corrected chi connectivity index (χ4v) is 3.18. The van der Waals surface area contributed by atoms with Crippen molar-refractivity contribution in [2.24, 2.45) is 5.84 Å². The van der Waals surface area contributed by atoms with Crippen LogP contribution >= 0.6 is 22.6 Å². The van der Waals surface area contributed by atoms with Crippen molar-refractivity contribution in [1.82, 2.24) is 10.4 Å². The molecule has 3 N–H and O–H groups in total. The second-order valence-corrected chi connectivity index (χ2v) is 6.12. The van der Waals surface area contributed by atoms with Gasteiger partial charge in [-0.25, -0.2) is 5.43 Å². The number of aromatic nitrogens is 1. The minimum Gasteiger partial charge on any atom is -0.271 e. The number of nitrogens with two attached hydrogens (primary N) is 1. The predicted octanol–water partition coefficient (Wildman–Crippen LogP) is 3.70. The summed E-state index contributed by atoms with van der Waals surface area (Å²) in [7, 11) is 0. The lowest BCUT2D eigenvalue weighted by atomic mass is 9.98. The Kier molecular flexibility index (Phi) is 4.19. The first-order valence-electron chi connectivity index (χ1n) is 6.76. The lowest BCUT2D eigenvalue weighted by Gasteiger charge is -2.19. The third-order valence-corrected chi connectivity index (χ3v) is 5.12. The summed E-state index contributed by atoms with van der Waals surface area (Å²) in [6.45, 7) is 2.11. The summed E-state index contributed by atoms with van der Waals surface area (Å²) < 4.78 is 1.23. The molecule has 1 heterocycles. The molecule has 0 radical (unpaired) electrons. The van der Waals surface area contributed by atoms with Gasteiger partial charge in [-0.1, -0.05) is 36.4 Å². The third-order valence-electron chi connectivity index (χ3n) is 3.64. The molecule has 0 saturated heterocycles. The molecule has 0 spiro atoms. The van der Waals surface area contributed by atoms with Crippen molar-refractivity contribution >= 4 is 33.5 Å². The summed E-state index contributed by atoms with van der Waals surface area (Å²) in [6.07, 6.45) is 1.89. The van der Waals surface area contributed by atoms with Crippen LogP contribution < -0.4 is 11.3 Å². The van der Waals surface area contributed by atoms with Crippen LogP contribution in [0.1, 0.15) is 22.7 Å². The van der Waals surface area contributed by atoms with Crippen LogP contribution in [0.25, 0.3) is 10.9 Å². The fraction of sp³-hybridized carbons (Fsp3) is 0.118. The third kappa shape index (κ3) is 2.79. The summed E-state index contributed by atoms with van der Waals surface area (Å²) in [5, 5.41) is 1.12. The summed E-state index contributed by atoms with van der Waals surface area (Å²) in [5.74, 6) is 5.82. The molecule has 0 aliphatic heterocycles. The van der Waals surface area contributed by atoms with Crippen LogP contribution in [0.15, 0.2) is 54.7 Å². The average Bonchev–Trinajstić information content (AvgIpc) is 2.52. The summed E-state index contributed by atoms with van der Waals surface area (Å²) in [5.41, 5.74) is 7.42. The molecule has 0 aliphatic carbocycles. The van der Waals surface area contributed by atoms with Crippen LogP contribution in [-0.4, -0.2) is 4.98 Å². The Morgan fingerprint density at radius 1 is 1.14 bits per heavy atom. The number of aryl methyl sites for hydroxylation is 1. The van der Waals surface area contributed by atoms with Gasteiger partial charge in [0.2, 0.25) is 0 Å². The van der Waals surface area contributed by atoms with Gasteiger partial charge in [-0.15, -0.1) is 0 Å². The van der Waals surface area contributed by atoms with Gasteiger partial charge in [-0.05, 0) is 58.3 Å². The van der Waals surface area contributed by atoms with Gasteiger partial charge in [0.05, 0.1) is 11.6 Å². The normalized spacial score (nSPS) is 12.5. The largest absolute Gasteiger partial charge is 0.271 e. The second-order valence-electron chi connectivity index (χ2n) is 5.04. The highest BCUT2D eigenvalue weighted by atomic mass is 127. The molecule has 2 aromatic carbocycles. The van der Waals surface area contributed by atoms with Crippen molar-refractivity contribution in [1.29, 1.82) is 0 Å². The highest BCUT2D eigenvalue weighted by Gasteiger charge is 2.17. The lowest BCUT2D eigenvalue weighted by Crippen LogP contribution is -2.29. The van der Waals surface area contributed by atoms with E-state index >= 15 is 0 Å². The van der Waals surface area contributed by atoms with Crippen molar-refractivity contribution in [3.8, 4) is 0 Å². The molecule has 0 saturated carbocycles. The first kappa shape index (κ1) is 14.4. The Hall–Kier alpha value is -1.50. The van der Waals surface area contributed by atoms with Gasteiger partial charge >= 0.3 is 0 Å². The van der Waals surface area contributed by atoms with Crippen LogP contribution in [-0.2, 0) is 0 Å². The van der Waals surface area contributed by atoms with Crippen LogP contribution in [0.4, 0.5) is 0 Å². The molecular formula is C17H16IN3. The van der Waals surface area contributed by atoms with Crippen LogP contribution in [0.3, 0.4) is 0 Å². The zero-order valence-corrected chi connectivity index (χ0v) is 13.8. The minimum atomic E-state index is -0.0612. The Morgan fingerprint density at radius 2 is 1.95 bits per heavy atom. The number of halogens is 1. The van der Waals surface area contributed by atoms with E-state index in [1.165, 1.54) is 14.7 Å². The van der Waals surface area contributed by atoms with Gasteiger partial charge in [0.15, 0.2) is 0 Å². The minimum absolute atomic E-state index is 0.0612. The number of hydrogen-bond donors (Lipinski definition) is 2.